The van der Waals surface area contributed by atoms with Crippen molar-refractivity contribution in [2.75, 3.05) is 13.1 Å². The Morgan fingerprint density at radius 3 is 2.50 bits per heavy atom. The molecule has 1 aliphatic rings. The van der Waals surface area contributed by atoms with Crippen LogP contribution >= 0.6 is 0 Å². The van der Waals surface area contributed by atoms with Crippen LogP contribution in [0.3, 0.4) is 0 Å². The molecule has 0 bridgehead atoms. The Morgan fingerprint density at radius 2 is 1.88 bits per heavy atom. The van der Waals surface area contributed by atoms with E-state index in [9.17, 15) is 10.1 Å². The van der Waals surface area contributed by atoms with Crippen LogP contribution in [0.15, 0.2) is 36.5 Å². The summed E-state index contributed by atoms with van der Waals surface area (Å²) >= 11 is 0. The maximum absolute atomic E-state index is 13.1. The highest BCUT2D eigenvalue weighted by molar-refractivity contribution is 5.96. The first kappa shape index (κ1) is 16.3. The molecule has 2 unspecified atom stereocenters. The van der Waals surface area contributed by atoms with E-state index in [1.807, 2.05) is 49.6 Å². The van der Waals surface area contributed by atoms with Crippen LogP contribution < -0.4 is 0 Å². The number of aromatic nitrogens is 1. The van der Waals surface area contributed by atoms with Crippen molar-refractivity contribution in [3.8, 4) is 11.8 Å². The van der Waals surface area contributed by atoms with Gasteiger partial charge in [0.25, 0.3) is 5.91 Å². The molecular formula is C19H21N3O2. The summed E-state index contributed by atoms with van der Waals surface area (Å²) < 4.78 is 7.53. The van der Waals surface area contributed by atoms with Gasteiger partial charge < -0.3 is 14.2 Å². The summed E-state index contributed by atoms with van der Waals surface area (Å²) in [6.07, 6.45) is 1.77. The van der Waals surface area contributed by atoms with E-state index in [0.717, 1.165) is 11.3 Å². The number of hydrogen-bond donors (Lipinski definition) is 0. The second kappa shape index (κ2) is 6.50. The molecule has 2 heterocycles. The number of rotatable bonds is 2. The molecule has 1 aromatic carbocycles. The highest BCUT2D eigenvalue weighted by atomic mass is 16.5. The highest BCUT2D eigenvalue weighted by Gasteiger charge is 2.30. The normalized spacial score (nSPS) is 20.7. The zero-order valence-corrected chi connectivity index (χ0v) is 14.2. The molecule has 24 heavy (non-hydrogen) atoms. The van der Waals surface area contributed by atoms with E-state index in [1.54, 1.807) is 17.2 Å². The van der Waals surface area contributed by atoms with E-state index < -0.39 is 0 Å². The second-order valence-electron chi connectivity index (χ2n) is 6.31. The summed E-state index contributed by atoms with van der Waals surface area (Å²) in [6, 6.07) is 11.7. The SMILES string of the molecule is Cc1ccccc1-n1ccc(C#N)c1C(=O)N1CC(C)OC(C)C1. The van der Waals surface area contributed by atoms with Crippen molar-refractivity contribution in [3.05, 3.63) is 53.3 Å². The van der Waals surface area contributed by atoms with E-state index in [4.69, 9.17) is 4.74 Å². The quantitative estimate of drug-likeness (QED) is 0.854. The topological polar surface area (TPSA) is 58.3 Å². The largest absolute Gasteiger partial charge is 0.372 e. The minimum Gasteiger partial charge on any atom is -0.372 e. The fourth-order valence-electron chi connectivity index (χ4n) is 3.27. The number of para-hydroxylation sites is 1. The van der Waals surface area contributed by atoms with Crippen molar-refractivity contribution in [2.24, 2.45) is 0 Å². The third-order valence-electron chi connectivity index (χ3n) is 4.29. The summed E-state index contributed by atoms with van der Waals surface area (Å²) in [5.41, 5.74) is 2.79. The van der Waals surface area contributed by atoms with Gasteiger partial charge >= 0.3 is 0 Å². The molecule has 1 saturated heterocycles. The molecule has 2 aromatic rings. The van der Waals surface area contributed by atoms with Gasteiger partial charge in [-0.2, -0.15) is 5.26 Å². The van der Waals surface area contributed by atoms with Crippen molar-refractivity contribution in [2.45, 2.75) is 33.0 Å². The number of benzene rings is 1. The lowest BCUT2D eigenvalue weighted by Crippen LogP contribution is -2.48. The maximum atomic E-state index is 13.1. The number of ether oxygens (including phenoxy) is 1. The van der Waals surface area contributed by atoms with E-state index >= 15 is 0 Å². The molecule has 3 rings (SSSR count). The number of carbonyl (C=O) groups excluding carboxylic acids is 1. The minimum absolute atomic E-state index is 0.00916. The number of nitrogens with zero attached hydrogens (tertiary/aromatic N) is 3. The number of hydrogen-bond acceptors (Lipinski definition) is 3. The Balaban J connectivity index is 2.04. The van der Waals surface area contributed by atoms with E-state index in [0.29, 0.717) is 24.3 Å². The molecule has 0 saturated carbocycles. The average Bonchev–Trinajstić information content (AvgIpc) is 2.97. The van der Waals surface area contributed by atoms with E-state index in [2.05, 4.69) is 6.07 Å². The molecule has 0 N–H and O–H groups in total. The van der Waals surface area contributed by atoms with Crippen molar-refractivity contribution in [3.63, 3.8) is 0 Å². The van der Waals surface area contributed by atoms with Gasteiger partial charge in [-0.05, 0) is 38.5 Å². The van der Waals surface area contributed by atoms with Gasteiger partial charge in [0.2, 0.25) is 0 Å². The number of aryl methyl sites for hydroxylation is 1. The Kier molecular flexibility index (Phi) is 4.41. The van der Waals surface area contributed by atoms with Gasteiger partial charge in [0.1, 0.15) is 11.8 Å². The fraction of sp³-hybridized carbons (Fsp3) is 0.368. The zero-order chi connectivity index (χ0) is 17.3. The Labute approximate surface area is 142 Å². The molecule has 0 aliphatic carbocycles. The predicted octanol–water partition coefficient (Wildman–Crippen LogP) is 2.91. The molecule has 2 atom stereocenters. The molecule has 1 aliphatic heterocycles. The molecule has 0 radical (unpaired) electrons. The fourth-order valence-corrected chi connectivity index (χ4v) is 3.27. The van der Waals surface area contributed by atoms with Crippen molar-refractivity contribution >= 4 is 5.91 Å². The molecule has 1 aromatic heterocycles. The van der Waals surface area contributed by atoms with Crippen LogP contribution in [0.25, 0.3) is 5.69 Å². The first-order valence-corrected chi connectivity index (χ1v) is 8.13. The molecule has 1 amide bonds. The van der Waals surface area contributed by atoms with Gasteiger partial charge in [-0.25, -0.2) is 0 Å². The summed E-state index contributed by atoms with van der Waals surface area (Å²) in [5, 5.41) is 9.44. The standard InChI is InChI=1S/C19H21N3O2/c1-13-6-4-5-7-17(13)22-9-8-16(10-20)18(22)19(23)21-11-14(2)24-15(3)12-21/h4-9,14-15H,11-12H2,1-3H3. The molecule has 0 spiro atoms. The maximum Gasteiger partial charge on any atom is 0.272 e. The van der Waals surface area contributed by atoms with Gasteiger partial charge in [0.15, 0.2) is 0 Å². The smallest absolute Gasteiger partial charge is 0.272 e. The summed E-state index contributed by atoms with van der Waals surface area (Å²) in [6.45, 7) is 6.98. The van der Waals surface area contributed by atoms with Gasteiger partial charge in [0.05, 0.1) is 17.8 Å². The molecular weight excluding hydrogens is 302 g/mol. The van der Waals surface area contributed by atoms with Gasteiger partial charge in [-0.1, -0.05) is 18.2 Å². The van der Waals surface area contributed by atoms with Crippen LogP contribution in [-0.4, -0.2) is 40.7 Å². The van der Waals surface area contributed by atoms with Gasteiger partial charge in [-0.3, -0.25) is 4.79 Å². The lowest BCUT2D eigenvalue weighted by atomic mass is 10.1. The lowest BCUT2D eigenvalue weighted by Gasteiger charge is -2.35. The van der Waals surface area contributed by atoms with Crippen molar-refractivity contribution in [1.82, 2.24) is 9.47 Å². The summed E-state index contributed by atoms with van der Waals surface area (Å²) in [5.74, 6) is -0.123. The minimum atomic E-state index is -0.123. The van der Waals surface area contributed by atoms with Crippen LogP contribution in [0.2, 0.25) is 0 Å². The molecule has 1 fully saturated rings. The predicted molar refractivity (Wildman–Crippen MR) is 91.1 cm³/mol. The zero-order valence-electron chi connectivity index (χ0n) is 14.2. The van der Waals surface area contributed by atoms with Crippen LogP contribution in [0.5, 0.6) is 0 Å². The van der Waals surface area contributed by atoms with Crippen molar-refractivity contribution < 1.29 is 9.53 Å². The average molecular weight is 323 g/mol. The van der Waals surface area contributed by atoms with E-state index in [-0.39, 0.29) is 18.1 Å². The summed E-state index contributed by atoms with van der Waals surface area (Å²) in [4.78, 5) is 14.9. The van der Waals surface area contributed by atoms with Crippen molar-refractivity contribution in [1.29, 1.82) is 5.26 Å². The van der Waals surface area contributed by atoms with Crippen LogP contribution in [0, 0.1) is 18.3 Å². The van der Waals surface area contributed by atoms with Crippen LogP contribution in [0.1, 0.15) is 35.5 Å². The number of nitriles is 1. The monoisotopic (exact) mass is 323 g/mol. The van der Waals surface area contributed by atoms with Crippen LogP contribution in [-0.2, 0) is 4.74 Å². The van der Waals surface area contributed by atoms with E-state index in [1.165, 1.54) is 0 Å². The number of amides is 1. The molecule has 5 heteroatoms. The van der Waals surface area contributed by atoms with Gasteiger partial charge in [0, 0.05) is 25.0 Å². The van der Waals surface area contributed by atoms with Gasteiger partial charge in [-0.15, -0.1) is 0 Å². The Morgan fingerprint density at radius 1 is 1.21 bits per heavy atom. The molecule has 5 nitrogen and oxygen atoms in total. The third-order valence-corrected chi connectivity index (χ3v) is 4.29. The number of carbonyl (C=O) groups is 1. The first-order valence-electron chi connectivity index (χ1n) is 8.13. The highest BCUT2D eigenvalue weighted by Crippen LogP contribution is 2.23. The first-order chi connectivity index (χ1) is 11.5. The Hall–Kier alpha value is -2.58. The third kappa shape index (κ3) is 2.93. The summed E-state index contributed by atoms with van der Waals surface area (Å²) in [7, 11) is 0. The second-order valence-corrected chi connectivity index (χ2v) is 6.31. The number of morpholine rings is 1. The molecule has 124 valence electrons. The Bertz CT molecular complexity index is 793. The van der Waals surface area contributed by atoms with Crippen LogP contribution in [0.4, 0.5) is 0 Å². The lowest BCUT2D eigenvalue weighted by molar-refractivity contribution is -0.0588.